The van der Waals surface area contributed by atoms with Gasteiger partial charge in [-0.2, -0.15) is 0 Å². The number of ether oxygens (including phenoxy) is 2. The Morgan fingerprint density at radius 1 is 1.03 bits per heavy atom. The third-order valence-electron chi connectivity index (χ3n) is 6.33. The van der Waals surface area contributed by atoms with E-state index >= 15 is 0 Å². The maximum atomic E-state index is 13.1. The van der Waals surface area contributed by atoms with E-state index in [1.807, 2.05) is 53.4 Å². The summed E-state index contributed by atoms with van der Waals surface area (Å²) in [5, 5.41) is 9.69. The standard InChI is InChI=1S/C25H28N4O3S/c1-17-7-6-8-18(2)29(17)23(30)15-33-25-27-26-24(20-9-4-3-5-10-20)28(25)14-19-11-12-21-22(13-19)32-16-31-21/h3-5,9-13,17-18H,6-8,14-16H2,1-2H3/t17-,18+. The van der Waals surface area contributed by atoms with Gasteiger partial charge in [-0.15, -0.1) is 10.2 Å². The molecular formula is C25H28N4O3S. The van der Waals surface area contributed by atoms with Crippen molar-refractivity contribution in [3.8, 4) is 22.9 Å². The molecule has 0 spiro atoms. The molecule has 0 saturated carbocycles. The number of carbonyl (C=O) groups is 1. The van der Waals surface area contributed by atoms with Crippen LogP contribution in [0.5, 0.6) is 11.5 Å². The fourth-order valence-electron chi connectivity index (χ4n) is 4.67. The van der Waals surface area contributed by atoms with Crippen LogP contribution in [0, 0.1) is 0 Å². The van der Waals surface area contributed by atoms with Gasteiger partial charge in [-0.25, -0.2) is 0 Å². The van der Waals surface area contributed by atoms with Crippen LogP contribution in [0.4, 0.5) is 0 Å². The first-order valence-electron chi connectivity index (χ1n) is 11.4. The molecule has 0 unspecified atom stereocenters. The number of likely N-dealkylation sites (tertiary alicyclic amines) is 1. The average Bonchev–Trinajstić information content (AvgIpc) is 3.45. The predicted molar refractivity (Wildman–Crippen MR) is 127 cm³/mol. The molecule has 1 saturated heterocycles. The van der Waals surface area contributed by atoms with Gasteiger partial charge < -0.3 is 14.4 Å². The van der Waals surface area contributed by atoms with Gasteiger partial charge in [-0.05, 0) is 50.8 Å². The highest BCUT2D eigenvalue weighted by Crippen LogP contribution is 2.34. The van der Waals surface area contributed by atoms with Gasteiger partial charge in [0, 0.05) is 17.6 Å². The van der Waals surface area contributed by atoms with Gasteiger partial charge in [0.05, 0.1) is 12.3 Å². The van der Waals surface area contributed by atoms with Crippen molar-refractivity contribution in [1.29, 1.82) is 0 Å². The van der Waals surface area contributed by atoms with Gasteiger partial charge in [0.2, 0.25) is 12.7 Å². The van der Waals surface area contributed by atoms with E-state index in [4.69, 9.17) is 9.47 Å². The number of hydrogen-bond acceptors (Lipinski definition) is 6. The Balaban J connectivity index is 1.40. The summed E-state index contributed by atoms with van der Waals surface area (Å²) < 4.78 is 13.1. The van der Waals surface area contributed by atoms with E-state index in [-0.39, 0.29) is 24.8 Å². The molecule has 7 nitrogen and oxygen atoms in total. The lowest BCUT2D eigenvalue weighted by Gasteiger charge is -2.39. The number of hydrogen-bond donors (Lipinski definition) is 0. The van der Waals surface area contributed by atoms with E-state index in [1.54, 1.807) is 0 Å². The number of piperidine rings is 1. The zero-order chi connectivity index (χ0) is 22.8. The van der Waals surface area contributed by atoms with Gasteiger partial charge in [0.25, 0.3) is 0 Å². The number of amides is 1. The Labute approximate surface area is 198 Å². The normalized spacial score (nSPS) is 19.6. The van der Waals surface area contributed by atoms with Crippen LogP contribution in [0.3, 0.4) is 0 Å². The molecule has 0 bridgehead atoms. The number of benzene rings is 2. The minimum atomic E-state index is 0.165. The first-order valence-corrected chi connectivity index (χ1v) is 12.4. The molecule has 2 aliphatic rings. The highest BCUT2D eigenvalue weighted by atomic mass is 32.2. The Hall–Kier alpha value is -3.00. The molecule has 3 aromatic rings. The third kappa shape index (κ3) is 4.57. The Morgan fingerprint density at radius 3 is 2.58 bits per heavy atom. The topological polar surface area (TPSA) is 69.5 Å². The molecule has 3 heterocycles. The van der Waals surface area contributed by atoms with E-state index in [0.717, 1.165) is 46.4 Å². The van der Waals surface area contributed by atoms with Crippen molar-refractivity contribution in [3.63, 3.8) is 0 Å². The molecule has 0 N–H and O–H groups in total. The summed E-state index contributed by atoms with van der Waals surface area (Å²) in [6.45, 7) is 5.11. The van der Waals surface area contributed by atoms with Gasteiger partial charge in [0.15, 0.2) is 22.5 Å². The summed E-state index contributed by atoms with van der Waals surface area (Å²) in [6.07, 6.45) is 3.32. The average molecular weight is 465 g/mol. The largest absolute Gasteiger partial charge is 0.454 e. The molecule has 172 valence electrons. The van der Waals surface area contributed by atoms with Crippen molar-refractivity contribution in [3.05, 3.63) is 54.1 Å². The summed E-state index contributed by atoms with van der Waals surface area (Å²) >= 11 is 1.46. The number of fused-ring (bicyclic) bond motifs is 1. The van der Waals surface area contributed by atoms with Crippen molar-refractivity contribution < 1.29 is 14.3 Å². The highest BCUT2D eigenvalue weighted by Gasteiger charge is 2.29. The van der Waals surface area contributed by atoms with Crippen LogP contribution >= 0.6 is 11.8 Å². The molecule has 2 aromatic carbocycles. The minimum absolute atomic E-state index is 0.165. The summed E-state index contributed by atoms with van der Waals surface area (Å²) in [6, 6.07) is 16.5. The molecular weight excluding hydrogens is 436 g/mol. The Bertz CT molecular complexity index is 1120. The second-order valence-corrected chi connectivity index (χ2v) is 9.61. The summed E-state index contributed by atoms with van der Waals surface area (Å²) in [7, 11) is 0. The maximum Gasteiger partial charge on any atom is 0.233 e. The number of carbonyl (C=O) groups excluding carboxylic acids is 1. The predicted octanol–water partition coefficient (Wildman–Crippen LogP) is 4.60. The molecule has 8 heteroatoms. The second kappa shape index (κ2) is 9.47. The fourth-order valence-corrected chi connectivity index (χ4v) is 5.48. The highest BCUT2D eigenvalue weighted by molar-refractivity contribution is 7.99. The second-order valence-electron chi connectivity index (χ2n) is 8.66. The van der Waals surface area contributed by atoms with Crippen molar-refractivity contribution in [2.75, 3.05) is 12.5 Å². The molecule has 33 heavy (non-hydrogen) atoms. The molecule has 1 fully saturated rings. The number of nitrogens with zero attached hydrogens (tertiary/aromatic N) is 4. The molecule has 1 amide bonds. The lowest BCUT2D eigenvalue weighted by molar-refractivity contribution is -0.134. The van der Waals surface area contributed by atoms with Crippen LogP contribution < -0.4 is 9.47 Å². The van der Waals surface area contributed by atoms with Crippen LogP contribution in [0.15, 0.2) is 53.7 Å². The van der Waals surface area contributed by atoms with Crippen LogP contribution in [-0.4, -0.2) is 50.2 Å². The zero-order valence-electron chi connectivity index (χ0n) is 18.9. The van der Waals surface area contributed by atoms with E-state index in [9.17, 15) is 4.79 Å². The van der Waals surface area contributed by atoms with E-state index in [0.29, 0.717) is 12.3 Å². The van der Waals surface area contributed by atoms with E-state index < -0.39 is 0 Å². The number of aromatic nitrogens is 3. The number of thioether (sulfide) groups is 1. The number of rotatable bonds is 6. The Morgan fingerprint density at radius 2 is 1.79 bits per heavy atom. The summed E-state index contributed by atoms with van der Waals surface area (Å²) in [5.41, 5.74) is 2.05. The summed E-state index contributed by atoms with van der Waals surface area (Å²) in [4.78, 5) is 15.1. The quantitative estimate of drug-likeness (QED) is 0.497. The van der Waals surface area contributed by atoms with Gasteiger partial charge in [-0.1, -0.05) is 48.2 Å². The van der Waals surface area contributed by atoms with Gasteiger partial charge in [0.1, 0.15) is 0 Å². The van der Waals surface area contributed by atoms with Crippen LogP contribution in [0.2, 0.25) is 0 Å². The van der Waals surface area contributed by atoms with Crippen molar-refractivity contribution in [1.82, 2.24) is 19.7 Å². The van der Waals surface area contributed by atoms with Crippen LogP contribution in [0.1, 0.15) is 38.7 Å². The van der Waals surface area contributed by atoms with Crippen molar-refractivity contribution >= 4 is 17.7 Å². The maximum absolute atomic E-state index is 13.1. The molecule has 0 radical (unpaired) electrons. The molecule has 2 atom stereocenters. The van der Waals surface area contributed by atoms with E-state index in [2.05, 4.69) is 28.6 Å². The van der Waals surface area contributed by atoms with Crippen LogP contribution in [0.25, 0.3) is 11.4 Å². The molecule has 0 aliphatic carbocycles. The molecule has 5 rings (SSSR count). The van der Waals surface area contributed by atoms with Crippen molar-refractivity contribution in [2.24, 2.45) is 0 Å². The lowest BCUT2D eigenvalue weighted by Crippen LogP contribution is -2.48. The Kier molecular flexibility index (Phi) is 6.26. The van der Waals surface area contributed by atoms with Crippen LogP contribution in [-0.2, 0) is 11.3 Å². The molecule has 1 aromatic heterocycles. The lowest BCUT2D eigenvalue weighted by atomic mass is 9.98. The minimum Gasteiger partial charge on any atom is -0.454 e. The fraction of sp³-hybridized carbons (Fsp3) is 0.400. The first-order chi connectivity index (χ1) is 16.1. The first kappa shape index (κ1) is 21.8. The summed E-state index contributed by atoms with van der Waals surface area (Å²) in [5.74, 6) is 2.81. The smallest absolute Gasteiger partial charge is 0.233 e. The third-order valence-corrected chi connectivity index (χ3v) is 7.28. The van der Waals surface area contributed by atoms with Gasteiger partial charge in [-0.3, -0.25) is 9.36 Å². The SMILES string of the molecule is C[C@@H]1CCC[C@H](C)N1C(=O)CSc1nnc(-c2ccccc2)n1Cc1ccc2c(c1)OCO2. The molecule has 2 aliphatic heterocycles. The van der Waals surface area contributed by atoms with Crippen molar-refractivity contribution in [2.45, 2.75) is 56.9 Å². The zero-order valence-corrected chi connectivity index (χ0v) is 19.8. The van der Waals surface area contributed by atoms with E-state index in [1.165, 1.54) is 18.2 Å². The van der Waals surface area contributed by atoms with Gasteiger partial charge >= 0.3 is 0 Å². The monoisotopic (exact) mass is 464 g/mol.